The predicted octanol–water partition coefficient (Wildman–Crippen LogP) is 2.40. The summed E-state index contributed by atoms with van der Waals surface area (Å²) in [4.78, 5) is 52.3. The second-order valence-electron chi connectivity index (χ2n) is 9.50. The number of aliphatic hydroxyl groups is 1. The van der Waals surface area contributed by atoms with Gasteiger partial charge in [-0.25, -0.2) is 4.79 Å². The zero-order valence-electron chi connectivity index (χ0n) is 20.5. The van der Waals surface area contributed by atoms with Crippen molar-refractivity contribution in [2.75, 3.05) is 13.7 Å². The molecule has 2 fully saturated rings. The van der Waals surface area contributed by atoms with E-state index in [9.17, 15) is 29.4 Å². The van der Waals surface area contributed by atoms with Crippen LogP contribution < -0.4 is 5.32 Å². The minimum Gasteiger partial charge on any atom is -0.480 e. The van der Waals surface area contributed by atoms with Crippen LogP contribution in [-0.4, -0.2) is 58.1 Å². The highest BCUT2D eigenvalue weighted by Crippen LogP contribution is 2.49. The van der Waals surface area contributed by atoms with Crippen molar-refractivity contribution in [3.8, 4) is 11.1 Å². The number of carbonyl (C=O) groups is 4. The number of carboxylic acids is 1. The molecular formula is C29H26N2O7. The van der Waals surface area contributed by atoms with Crippen molar-refractivity contribution in [1.82, 2.24) is 10.2 Å². The number of carboxylic acid groups (broad SMARTS) is 1. The molecule has 4 atom stereocenters. The van der Waals surface area contributed by atoms with Gasteiger partial charge in [0.25, 0.3) is 0 Å². The smallest absolute Gasteiger partial charge is 0.337 e. The number of aliphatic carboxylic acids is 1. The Morgan fingerprint density at radius 3 is 2.13 bits per heavy atom. The van der Waals surface area contributed by atoms with Crippen LogP contribution in [0.15, 0.2) is 78.9 Å². The summed E-state index contributed by atoms with van der Waals surface area (Å²) in [5.74, 6) is -5.39. The minimum absolute atomic E-state index is 0.0904. The molecule has 2 amide bonds. The molecule has 9 nitrogen and oxygen atoms in total. The van der Waals surface area contributed by atoms with Crippen LogP contribution in [0, 0.1) is 11.8 Å². The summed E-state index contributed by atoms with van der Waals surface area (Å²) in [6, 6.07) is 22.5. The van der Waals surface area contributed by atoms with Gasteiger partial charge in [0.15, 0.2) is 5.54 Å². The number of ether oxygens (including phenoxy) is 1. The molecule has 0 bridgehead atoms. The van der Waals surface area contributed by atoms with E-state index >= 15 is 0 Å². The number of aliphatic hydroxyl groups excluding tert-OH is 1. The molecule has 0 aromatic heterocycles. The molecule has 9 heteroatoms. The Balaban J connectivity index is 1.47. The number of hydrogen-bond donors (Lipinski definition) is 3. The normalized spacial score (nSPS) is 24.4. The molecule has 4 unspecified atom stereocenters. The minimum atomic E-state index is -2.01. The van der Waals surface area contributed by atoms with Gasteiger partial charge in [0.1, 0.15) is 0 Å². The average molecular weight is 515 g/mol. The van der Waals surface area contributed by atoms with E-state index in [1.54, 1.807) is 24.3 Å². The van der Waals surface area contributed by atoms with Crippen LogP contribution >= 0.6 is 0 Å². The molecule has 194 valence electrons. The molecule has 0 saturated carbocycles. The average Bonchev–Trinajstić information content (AvgIpc) is 3.43. The van der Waals surface area contributed by atoms with Crippen molar-refractivity contribution in [3.05, 3.63) is 95.6 Å². The number of rotatable bonds is 7. The van der Waals surface area contributed by atoms with Crippen molar-refractivity contribution in [3.63, 3.8) is 0 Å². The highest BCUT2D eigenvalue weighted by Gasteiger charge is 2.68. The van der Waals surface area contributed by atoms with Crippen LogP contribution in [0.5, 0.6) is 0 Å². The topological polar surface area (TPSA) is 133 Å². The first-order chi connectivity index (χ1) is 18.3. The summed E-state index contributed by atoms with van der Waals surface area (Å²) in [6.07, 6.45) is 0. The number of benzene rings is 3. The first-order valence-electron chi connectivity index (χ1n) is 12.1. The van der Waals surface area contributed by atoms with Crippen LogP contribution in [0.3, 0.4) is 0 Å². The largest absolute Gasteiger partial charge is 0.480 e. The molecule has 3 aromatic carbocycles. The second-order valence-corrected chi connectivity index (χ2v) is 9.50. The summed E-state index contributed by atoms with van der Waals surface area (Å²) < 4.78 is 4.69. The molecule has 0 spiro atoms. The molecule has 2 saturated heterocycles. The SMILES string of the molecule is COC(=O)c1ccc(CN2C(=O)C3C(c4ccc(-c5ccccc5)cc4)NC(CO)(C(=O)O)C3C2=O)cc1. The van der Waals surface area contributed by atoms with Gasteiger partial charge in [0.05, 0.1) is 37.7 Å². The number of nitrogens with one attached hydrogen (secondary N) is 1. The number of methoxy groups -OCH3 is 1. The zero-order valence-corrected chi connectivity index (χ0v) is 20.5. The highest BCUT2D eigenvalue weighted by molar-refractivity contribution is 6.09. The van der Waals surface area contributed by atoms with Gasteiger partial charge in [-0.3, -0.25) is 24.6 Å². The van der Waals surface area contributed by atoms with Crippen molar-refractivity contribution in [1.29, 1.82) is 0 Å². The Hall–Kier alpha value is -4.34. The van der Waals surface area contributed by atoms with Crippen molar-refractivity contribution >= 4 is 23.8 Å². The van der Waals surface area contributed by atoms with E-state index in [1.165, 1.54) is 19.2 Å². The van der Waals surface area contributed by atoms with E-state index in [2.05, 4.69) is 5.32 Å². The van der Waals surface area contributed by atoms with E-state index in [-0.39, 0.29) is 6.54 Å². The fourth-order valence-corrected chi connectivity index (χ4v) is 5.48. The molecule has 38 heavy (non-hydrogen) atoms. The maximum absolute atomic E-state index is 13.6. The number of amides is 2. The number of nitrogens with zero attached hydrogens (tertiary/aromatic N) is 1. The molecule has 2 aliphatic rings. The summed E-state index contributed by atoms with van der Waals surface area (Å²) in [5.41, 5.74) is 1.48. The van der Waals surface area contributed by atoms with E-state index in [1.807, 2.05) is 42.5 Å². The molecule has 2 heterocycles. The Morgan fingerprint density at radius 2 is 1.55 bits per heavy atom. The summed E-state index contributed by atoms with van der Waals surface area (Å²) in [5, 5.41) is 23.2. The summed E-state index contributed by atoms with van der Waals surface area (Å²) in [7, 11) is 1.27. The molecule has 2 aliphatic heterocycles. The molecule has 3 aromatic rings. The fraction of sp³-hybridized carbons (Fsp3) is 0.241. The standard InChI is InChI=1S/C29H26N2O7/c1-38-27(35)21-9-7-17(8-10-21)15-31-25(33)22-23(26(31)34)29(16-32,28(36)37)30-24(22)20-13-11-19(12-14-20)18-5-3-2-4-6-18/h2-14,22-24,30,32H,15-16H2,1H3,(H,36,37). The van der Waals surface area contributed by atoms with E-state index in [4.69, 9.17) is 4.74 Å². The monoisotopic (exact) mass is 514 g/mol. The Kier molecular flexibility index (Phi) is 6.56. The van der Waals surface area contributed by atoms with Gasteiger partial charge < -0.3 is 14.9 Å². The molecule has 5 rings (SSSR count). The maximum Gasteiger partial charge on any atom is 0.337 e. The number of fused-ring (bicyclic) bond motifs is 1. The highest BCUT2D eigenvalue weighted by atomic mass is 16.5. The number of carbonyl (C=O) groups excluding carboxylic acids is 3. The number of imide groups is 1. The van der Waals surface area contributed by atoms with Gasteiger partial charge >= 0.3 is 11.9 Å². The van der Waals surface area contributed by atoms with Crippen molar-refractivity contribution in [2.24, 2.45) is 11.8 Å². The predicted molar refractivity (Wildman–Crippen MR) is 136 cm³/mol. The van der Waals surface area contributed by atoms with Crippen molar-refractivity contribution in [2.45, 2.75) is 18.1 Å². The van der Waals surface area contributed by atoms with Crippen LogP contribution in [0.2, 0.25) is 0 Å². The number of hydrogen-bond acceptors (Lipinski definition) is 7. The lowest BCUT2D eigenvalue weighted by Crippen LogP contribution is -2.58. The molecule has 0 radical (unpaired) electrons. The zero-order chi connectivity index (χ0) is 27.0. The third kappa shape index (κ3) is 4.06. The van der Waals surface area contributed by atoms with Gasteiger partial charge in [-0.05, 0) is 34.4 Å². The molecular weight excluding hydrogens is 488 g/mol. The molecule has 3 N–H and O–H groups in total. The lowest BCUT2D eigenvalue weighted by Gasteiger charge is -2.29. The van der Waals surface area contributed by atoms with Gasteiger partial charge in [-0.1, -0.05) is 66.7 Å². The lowest BCUT2D eigenvalue weighted by molar-refractivity contribution is -0.153. The van der Waals surface area contributed by atoms with Gasteiger partial charge in [-0.2, -0.15) is 0 Å². The number of esters is 1. The lowest BCUT2D eigenvalue weighted by atomic mass is 9.79. The van der Waals surface area contributed by atoms with Crippen molar-refractivity contribution < 1.29 is 34.1 Å². The molecule has 0 aliphatic carbocycles. The second kappa shape index (κ2) is 9.85. The summed E-state index contributed by atoms with van der Waals surface area (Å²) in [6.45, 7) is -0.949. The van der Waals surface area contributed by atoms with E-state index in [0.29, 0.717) is 16.7 Å². The van der Waals surface area contributed by atoms with E-state index in [0.717, 1.165) is 16.0 Å². The van der Waals surface area contributed by atoms with Gasteiger partial charge in [0.2, 0.25) is 11.8 Å². The Morgan fingerprint density at radius 1 is 0.921 bits per heavy atom. The fourth-order valence-electron chi connectivity index (χ4n) is 5.48. The Bertz CT molecular complexity index is 1390. The summed E-state index contributed by atoms with van der Waals surface area (Å²) >= 11 is 0. The quantitative estimate of drug-likeness (QED) is 0.323. The van der Waals surface area contributed by atoms with Crippen LogP contribution in [0.1, 0.15) is 27.5 Å². The van der Waals surface area contributed by atoms with Gasteiger partial charge in [0, 0.05) is 6.04 Å². The first kappa shape index (κ1) is 25.3. The van der Waals surface area contributed by atoms with Crippen LogP contribution in [-0.2, 0) is 25.7 Å². The maximum atomic E-state index is 13.6. The third-order valence-electron chi connectivity index (χ3n) is 7.47. The first-order valence-corrected chi connectivity index (χ1v) is 12.1. The number of likely N-dealkylation sites (tertiary alicyclic amines) is 1. The third-order valence-corrected chi connectivity index (χ3v) is 7.47. The van der Waals surface area contributed by atoms with Crippen LogP contribution in [0.25, 0.3) is 11.1 Å². The Labute approximate surface area is 218 Å². The van der Waals surface area contributed by atoms with Gasteiger partial charge in [-0.15, -0.1) is 0 Å². The van der Waals surface area contributed by atoms with Crippen LogP contribution in [0.4, 0.5) is 0 Å². The van der Waals surface area contributed by atoms with E-state index < -0.39 is 53.8 Å².